The Bertz CT molecular complexity index is 854. The summed E-state index contributed by atoms with van der Waals surface area (Å²) in [6.45, 7) is 3.63. The number of nitrogens with one attached hydrogen (secondary N) is 2. The van der Waals surface area contributed by atoms with Crippen LogP contribution in [-0.2, 0) is 14.4 Å². The molecule has 1 amide bonds. The summed E-state index contributed by atoms with van der Waals surface area (Å²) in [7, 11) is 0. The third kappa shape index (κ3) is 5.97. The molecule has 0 spiro atoms. The van der Waals surface area contributed by atoms with Crippen molar-refractivity contribution >= 4 is 44.5 Å². The summed E-state index contributed by atoms with van der Waals surface area (Å²) in [6.07, 6.45) is -0.244. The van der Waals surface area contributed by atoms with Crippen LogP contribution in [0.2, 0.25) is 0 Å². The first-order valence-electron chi connectivity index (χ1n) is 8.23. The molecule has 1 unspecified atom stereocenters. The lowest BCUT2D eigenvalue weighted by atomic mass is 10.0. The van der Waals surface area contributed by atoms with Crippen molar-refractivity contribution in [3.8, 4) is 0 Å². The Labute approximate surface area is 158 Å². The molecule has 10 heteroatoms. The maximum Gasteiger partial charge on any atom is 0.321 e. The highest BCUT2D eigenvalue weighted by molar-refractivity contribution is 7.22. The fourth-order valence-corrected chi connectivity index (χ4v) is 3.39. The third-order valence-corrected chi connectivity index (χ3v) is 4.63. The van der Waals surface area contributed by atoms with Crippen LogP contribution in [0.15, 0.2) is 18.2 Å². The highest BCUT2D eigenvalue weighted by atomic mass is 32.1. The molecule has 0 bridgehead atoms. The number of thiazole rings is 1. The van der Waals surface area contributed by atoms with E-state index in [2.05, 4.69) is 15.6 Å². The summed E-state index contributed by atoms with van der Waals surface area (Å²) in [6, 6.07) is 1.56. The molecule has 4 N–H and O–H groups in total. The number of rotatable bonds is 9. The maximum atomic E-state index is 13.2. The quantitative estimate of drug-likeness (QED) is 0.511. The molecule has 27 heavy (non-hydrogen) atoms. The Kier molecular flexibility index (Phi) is 6.81. The largest absolute Gasteiger partial charge is 0.480 e. The maximum absolute atomic E-state index is 13.2. The van der Waals surface area contributed by atoms with Gasteiger partial charge in [0.1, 0.15) is 17.9 Å². The van der Waals surface area contributed by atoms with Crippen LogP contribution in [-0.4, -0.2) is 45.1 Å². The lowest BCUT2D eigenvalue weighted by molar-refractivity contribution is -0.144. The molecule has 0 radical (unpaired) electrons. The third-order valence-electron chi connectivity index (χ3n) is 3.69. The van der Waals surface area contributed by atoms with Crippen LogP contribution in [0.3, 0.4) is 0 Å². The van der Waals surface area contributed by atoms with Crippen LogP contribution in [0, 0.1) is 11.7 Å². The minimum atomic E-state index is -1.36. The summed E-state index contributed by atoms with van der Waals surface area (Å²) in [4.78, 5) is 39.0. The van der Waals surface area contributed by atoms with Gasteiger partial charge in [-0.25, -0.2) is 9.37 Å². The molecule has 8 nitrogen and oxygen atoms in total. The van der Waals surface area contributed by atoms with E-state index in [1.165, 1.54) is 18.2 Å². The number of carboxylic acid groups (broad SMARTS) is 2. The van der Waals surface area contributed by atoms with Gasteiger partial charge in [0.2, 0.25) is 5.91 Å². The van der Waals surface area contributed by atoms with Gasteiger partial charge in [0.05, 0.1) is 16.6 Å². The topological polar surface area (TPSA) is 129 Å². The standard InChI is InChI=1S/C17H20FN3O5S/c1-8(2)5-11(15(23)24)19-12(16(25)26)7-14(22)21-17-20-10-4-3-9(18)6-13(10)27-17/h3-4,6,8,11-12,19H,5,7H2,1-2H3,(H,23,24)(H,25,26)(H,20,21,22)/t11-,12?/m0/s1. The van der Waals surface area contributed by atoms with E-state index in [9.17, 15) is 29.0 Å². The van der Waals surface area contributed by atoms with E-state index in [1.807, 2.05) is 13.8 Å². The molecule has 0 saturated heterocycles. The minimum absolute atomic E-state index is 0.0324. The Morgan fingerprint density at radius 3 is 2.44 bits per heavy atom. The van der Waals surface area contributed by atoms with Crippen molar-refractivity contribution in [1.29, 1.82) is 0 Å². The van der Waals surface area contributed by atoms with Crippen LogP contribution in [0.25, 0.3) is 10.2 Å². The van der Waals surface area contributed by atoms with Crippen LogP contribution in [0.5, 0.6) is 0 Å². The normalized spacial score (nSPS) is 13.5. The fraction of sp³-hybridized carbons (Fsp3) is 0.412. The first kappa shape index (κ1) is 20.7. The molecule has 0 aliphatic heterocycles. The average Bonchev–Trinajstić information content (AvgIpc) is 2.93. The smallest absolute Gasteiger partial charge is 0.321 e. The van der Waals surface area contributed by atoms with Crippen molar-refractivity contribution in [2.75, 3.05) is 5.32 Å². The molecule has 1 aromatic carbocycles. The Hall–Kier alpha value is -2.59. The number of aliphatic carboxylic acids is 2. The van der Waals surface area contributed by atoms with Crippen molar-refractivity contribution in [1.82, 2.24) is 10.3 Å². The number of fused-ring (bicyclic) bond motifs is 1. The molecule has 0 fully saturated rings. The molecule has 146 valence electrons. The van der Waals surface area contributed by atoms with Gasteiger partial charge in [-0.1, -0.05) is 25.2 Å². The van der Waals surface area contributed by atoms with Gasteiger partial charge in [0, 0.05) is 0 Å². The summed E-state index contributed by atoms with van der Waals surface area (Å²) >= 11 is 1.06. The predicted octanol–water partition coefficient (Wildman–Crippen LogP) is 2.31. The first-order chi connectivity index (χ1) is 12.7. The Balaban J connectivity index is 2.04. The number of hydrogen-bond donors (Lipinski definition) is 4. The number of carboxylic acids is 2. The van der Waals surface area contributed by atoms with Gasteiger partial charge in [0.25, 0.3) is 0 Å². The number of hydrogen-bond acceptors (Lipinski definition) is 6. The fourth-order valence-electron chi connectivity index (χ4n) is 2.48. The second-order valence-corrected chi connectivity index (χ2v) is 7.49. The molecule has 0 saturated carbocycles. The van der Waals surface area contributed by atoms with E-state index >= 15 is 0 Å². The van der Waals surface area contributed by atoms with E-state index in [0.717, 1.165) is 11.3 Å². The second-order valence-electron chi connectivity index (χ2n) is 6.46. The molecule has 0 aliphatic carbocycles. The Morgan fingerprint density at radius 2 is 1.85 bits per heavy atom. The summed E-state index contributed by atoms with van der Waals surface area (Å²) < 4.78 is 13.8. The van der Waals surface area contributed by atoms with Crippen molar-refractivity contribution in [2.24, 2.45) is 5.92 Å². The number of halogens is 1. The minimum Gasteiger partial charge on any atom is -0.480 e. The van der Waals surface area contributed by atoms with Crippen LogP contribution in [0.4, 0.5) is 9.52 Å². The number of aromatic nitrogens is 1. The highest BCUT2D eigenvalue weighted by Gasteiger charge is 2.28. The van der Waals surface area contributed by atoms with Gasteiger partial charge in [-0.2, -0.15) is 0 Å². The monoisotopic (exact) mass is 397 g/mol. The van der Waals surface area contributed by atoms with Gasteiger partial charge in [-0.3, -0.25) is 19.7 Å². The van der Waals surface area contributed by atoms with E-state index in [1.54, 1.807) is 0 Å². The highest BCUT2D eigenvalue weighted by Crippen LogP contribution is 2.26. The lowest BCUT2D eigenvalue weighted by Gasteiger charge is -2.21. The summed E-state index contributed by atoms with van der Waals surface area (Å²) in [5, 5.41) is 23.7. The summed E-state index contributed by atoms with van der Waals surface area (Å²) in [5.74, 6) is -3.53. The molecule has 2 rings (SSSR count). The molecule has 0 aliphatic rings. The zero-order valence-corrected chi connectivity index (χ0v) is 15.5. The van der Waals surface area contributed by atoms with Gasteiger partial charge in [0.15, 0.2) is 5.13 Å². The van der Waals surface area contributed by atoms with Crippen LogP contribution < -0.4 is 10.6 Å². The zero-order chi connectivity index (χ0) is 20.1. The Morgan fingerprint density at radius 1 is 1.19 bits per heavy atom. The van der Waals surface area contributed by atoms with E-state index in [4.69, 9.17) is 0 Å². The predicted molar refractivity (Wildman–Crippen MR) is 98.3 cm³/mol. The van der Waals surface area contributed by atoms with Gasteiger partial charge < -0.3 is 15.5 Å². The first-order valence-corrected chi connectivity index (χ1v) is 9.05. The SMILES string of the molecule is CC(C)C[C@H](NC(CC(=O)Nc1nc2ccc(F)cc2s1)C(=O)O)C(=O)O. The van der Waals surface area contributed by atoms with Crippen LogP contribution in [0.1, 0.15) is 26.7 Å². The van der Waals surface area contributed by atoms with Crippen molar-refractivity contribution in [3.63, 3.8) is 0 Å². The lowest BCUT2D eigenvalue weighted by Crippen LogP contribution is -2.49. The number of carbonyl (C=O) groups is 3. The number of carbonyl (C=O) groups excluding carboxylic acids is 1. The van der Waals surface area contributed by atoms with Crippen LogP contribution >= 0.6 is 11.3 Å². The molecule has 1 heterocycles. The average molecular weight is 397 g/mol. The van der Waals surface area contributed by atoms with E-state index in [0.29, 0.717) is 10.2 Å². The van der Waals surface area contributed by atoms with E-state index < -0.39 is 42.2 Å². The van der Waals surface area contributed by atoms with E-state index in [-0.39, 0.29) is 17.5 Å². The molecular formula is C17H20FN3O5S. The second kappa shape index (κ2) is 8.87. The number of nitrogens with zero attached hydrogens (tertiary/aromatic N) is 1. The molecule has 2 aromatic rings. The van der Waals surface area contributed by atoms with Gasteiger partial charge >= 0.3 is 11.9 Å². The van der Waals surface area contributed by atoms with Crippen molar-refractivity contribution in [3.05, 3.63) is 24.0 Å². The molecule has 1 aromatic heterocycles. The number of amides is 1. The van der Waals surface area contributed by atoms with Gasteiger partial charge in [-0.15, -0.1) is 0 Å². The number of anilines is 1. The summed E-state index contributed by atoms with van der Waals surface area (Å²) in [5.41, 5.74) is 0.507. The molecular weight excluding hydrogens is 377 g/mol. The zero-order valence-electron chi connectivity index (χ0n) is 14.7. The van der Waals surface area contributed by atoms with Gasteiger partial charge in [-0.05, 0) is 30.5 Å². The molecule has 2 atom stereocenters. The van der Waals surface area contributed by atoms with Crippen molar-refractivity contribution in [2.45, 2.75) is 38.8 Å². The number of benzene rings is 1. The van der Waals surface area contributed by atoms with Crippen molar-refractivity contribution < 1.29 is 29.0 Å².